The van der Waals surface area contributed by atoms with Gasteiger partial charge in [-0.05, 0) is 0 Å². The highest BCUT2D eigenvalue weighted by molar-refractivity contribution is 5.96. The zero-order chi connectivity index (χ0) is 9.40. The Morgan fingerprint density at radius 2 is 1.92 bits per heavy atom. The molecule has 2 amide bonds. The minimum absolute atomic E-state index is 0.112. The van der Waals surface area contributed by atoms with Gasteiger partial charge in [-0.15, -0.1) is 0 Å². The van der Waals surface area contributed by atoms with Crippen LogP contribution >= 0.6 is 0 Å². The fourth-order valence-corrected chi connectivity index (χ4v) is 0.473. The third-order valence-corrected chi connectivity index (χ3v) is 1.04. The molecule has 0 saturated heterocycles. The van der Waals surface area contributed by atoms with E-state index in [0.717, 1.165) is 12.2 Å². The minimum Gasteiger partial charge on any atom is -0.395 e. The fraction of sp³-hybridized carbons (Fsp3) is 0.429. The van der Waals surface area contributed by atoms with Gasteiger partial charge in [0.05, 0.1) is 6.61 Å². The van der Waals surface area contributed by atoms with Crippen molar-refractivity contribution in [2.75, 3.05) is 20.2 Å². The SMILES string of the molecule is CNC(=O)/C=C\C(=O)NCCO. The Kier molecular flexibility index (Phi) is 5.64. The maximum absolute atomic E-state index is 10.7. The van der Waals surface area contributed by atoms with Crippen LogP contribution in [0.3, 0.4) is 0 Å². The molecule has 3 N–H and O–H groups in total. The first-order valence-electron chi connectivity index (χ1n) is 3.49. The van der Waals surface area contributed by atoms with E-state index in [1.807, 2.05) is 0 Å². The molecule has 0 bridgehead atoms. The summed E-state index contributed by atoms with van der Waals surface area (Å²) < 4.78 is 0. The lowest BCUT2D eigenvalue weighted by atomic mass is 10.4. The summed E-state index contributed by atoms with van der Waals surface area (Å²) in [6.07, 6.45) is 2.22. The molecular formula is C7H12N2O3. The minimum atomic E-state index is -0.396. The molecule has 0 aromatic rings. The van der Waals surface area contributed by atoms with E-state index >= 15 is 0 Å². The average molecular weight is 172 g/mol. The number of hydrogen-bond acceptors (Lipinski definition) is 3. The van der Waals surface area contributed by atoms with Gasteiger partial charge in [0.1, 0.15) is 0 Å². The van der Waals surface area contributed by atoms with Crippen molar-refractivity contribution in [2.24, 2.45) is 0 Å². The predicted octanol–water partition coefficient (Wildman–Crippen LogP) is -1.60. The van der Waals surface area contributed by atoms with Crippen molar-refractivity contribution >= 4 is 11.8 Å². The first-order valence-corrected chi connectivity index (χ1v) is 3.49. The molecule has 0 aliphatic rings. The van der Waals surface area contributed by atoms with E-state index in [0.29, 0.717) is 0 Å². The molecule has 0 saturated carbocycles. The van der Waals surface area contributed by atoms with E-state index in [9.17, 15) is 9.59 Å². The van der Waals surface area contributed by atoms with Crippen molar-refractivity contribution in [3.05, 3.63) is 12.2 Å². The van der Waals surface area contributed by atoms with Gasteiger partial charge in [0, 0.05) is 25.7 Å². The number of hydrogen-bond donors (Lipinski definition) is 3. The van der Waals surface area contributed by atoms with E-state index in [4.69, 9.17) is 5.11 Å². The van der Waals surface area contributed by atoms with Gasteiger partial charge in [-0.1, -0.05) is 0 Å². The molecule has 0 atom stereocenters. The van der Waals surface area contributed by atoms with Gasteiger partial charge in [0.2, 0.25) is 11.8 Å². The van der Waals surface area contributed by atoms with Crippen molar-refractivity contribution in [3.63, 3.8) is 0 Å². The van der Waals surface area contributed by atoms with Crippen LogP contribution < -0.4 is 10.6 Å². The molecule has 68 valence electrons. The lowest BCUT2D eigenvalue weighted by Gasteiger charge is -1.96. The van der Waals surface area contributed by atoms with Crippen LogP contribution in [-0.2, 0) is 9.59 Å². The van der Waals surface area contributed by atoms with Crippen LogP contribution in [-0.4, -0.2) is 37.1 Å². The molecule has 0 spiro atoms. The van der Waals surface area contributed by atoms with E-state index < -0.39 is 5.91 Å². The smallest absolute Gasteiger partial charge is 0.244 e. The second-order valence-corrected chi connectivity index (χ2v) is 1.96. The van der Waals surface area contributed by atoms with E-state index in [-0.39, 0.29) is 19.1 Å². The zero-order valence-electron chi connectivity index (χ0n) is 6.83. The summed E-state index contributed by atoms with van der Waals surface area (Å²) in [6, 6.07) is 0. The largest absolute Gasteiger partial charge is 0.395 e. The molecule has 0 aliphatic carbocycles. The molecule has 0 radical (unpaired) electrons. The monoisotopic (exact) mass is 172 g/mol. The molecule has 5 nitrogen and oxygen atoms in total. The molecule has 0 aliphatic heterocycles. The summed E-state index contributed by atoms with van der Waals surface area (Å²) >= 11 is 0. The maximum atomic E-state index is 10.7. The molecule has 0 aromatic carbocycles. The number of amides is 2. The number of carbonyl (C=O) groups is 2. The Bertz CT molecular complexity index is 189. The fourth-order valence-electron chi connectivity index (χ4n) is 0.473. The summed E-state index contributed by atoms with van der Waals surface area (Å²) in [5.74, 6) is -0.734. The van der Waals surface area contributed by atoms with Crippen LogP contribution in [0.4, 0.5) is 0 Å². The van der Waals surface area contributed by atoms with Crippen LogP contribution in [0, 0.1) is 0 Å². The first-order chi connectivity index (χ1) is 5.70. The Labute approximate surface area is 70.5 Å². The summed E-state index contributed by atoms with van der Waals surface area (Å²) in [5, 5.41) is 13.0. The summed E-state index contributed by atoms with van der Waals surface area (Å²) in [5.41, 5.74) is 0. The number of aliphatic hydroxyl groups is 1. The van der Waals surface area contributed by atoms with Crippen molar-refractivity contribution < 1.29 is 14.7 Å². The molecule has 0 heterocycles. The Balaban J connectivity index is 3.67. The van der Waals surface area contributed by atoms with Gasteiger partial charge in [-0.3, -0.25) is 9.59 Å². The van der Waals surface area contributed by atoms with Gasteiger partial charge in [-0.25, -0.2) is 0 Å². The number of likely N-dealkylation sites (N-methyl/N-ethyl adjacent to an activating group) is 1. The number of rotatable bonds is 4. The van der Waals surface area contributed by atoms with Crippen molar-refractivity contribution in [3.8, 4) is 0 Å². The van der Waals surface area contributed by atoms with Crippen LogP contribution in [0.5, 0.6) is 0 Å². The van der Waals surface area contributed by atoms with Crippen molar-refractivity contribution in [2.45, 2.75) is 0 Å². The molecule has 12 heavy (non-hydrogen) atoms. The number of aliphatic hydroxyl groups excluding tert-OH is 1. The highest BCUT2D eigenvalue weighted by Crippen LogP contribution is 1.73. The maximum Gasteiger partial charge on any atom is 0.244 e. The van der Waals surface area contributed by atoms with Gasteiger partial charge < -0.3 is 15.7 Å². The van der Waals surface area contributed by atoms with Crippen LogP contribution in [0.15, 0.2) is 12.2 Å². The van der Waals surface area contributed by atoms with Gasteiger partial charge >= 0.3 is 0 Å². The van der Waals surface area contributed by atoms with Gasteiger partial charge in [-0.2, -0.15) is 0 Å². The van der Waals surface area contributed by atoms with E-state index in [1.54, 1.807) is 0 Å². The van der Waals surface area contributed by atoms with Crippen molar-refractivity contribution in [1.29, 1.82) is 0 Å². The number of carbonyl (C=O) groups excluding carboxylic acids is 2. The lowest BCUT2D eigenvalue weighted by Crippen LogP contribution is -2.25. The zero-order valence-corrected chi connectivity index (χ0v) is 6.83. The van der Waals surface area contributed by atoms with Crippen LogP contribution in [0.25, 0.3) is 0 Å². The quantitative estimate of drug-likeness (QED) is 0.447. The summed E-state index contributed by atoms with van der Waals surface area (Å²) in [6.45, 7) is 0.0798. The molecule has 5 heteroatoms. The van der Waals surface area contributed by atoms with Gasteiger partial charge in [0.25, 0.3) is 0 Å². The topological polar surface area (TPSA) is 78.4 Å². The third kappa shape index (κ3) is 5.43. The highest BCUT2D eigenvalue weighted by Gasteiger charge is 1.94. The number of nitrogens with one attached hydrogen (secondary N) is 2. The lowest BCUT2D eigenvalue weighted by molar-refractivity contribution is -0.118. The molecule has 0 unspecified atom stereocenters. The Morgan fingerprint density at radius 3 is 2.42 bits per heavy atom. The molecule has 0 aromatic heterocycles. The van der Waals surface area contributed by atoms with E-state index in [2.05, 4.69) is 10.6 Å². The van der Waals surface area contributed by atoms with Gasteiger partial charge in [0.15, 0.2) is 0 Å². The van der Waals surface area contributed by atoms with E-state index in [1.165, 1.54) is 7.05 Å². The summed E-state index contributed by atoms with van der Waals surface area (Å²) in [4.78, 5) is 21.3. The predicted molar refractivity (Wildman–Crippen MR) is 43.3 cm³/mol. The standard InChI is InChI=1S/C7H12N2O3/c1-8-6(11)2-3-7(12)9-4-5-10/h2-3,10H,4-5H2,1H3,(H,8,11)(H,9,12)/b3-2-. The van der Waals surface area contributed by atoms with Crippen LogP contribution in [0.1, 0.15) is 0 Å². The summed E-state index contributed by atoms with van der Waals surface area (Å²) in [7, 11) is 1.47. The van der Waals surface area contributed by atoms with Crippen LogP contribution in [0.2, 0.25) is 0 Å². The highest BCUT2D eigenvalue weighted by atomic mass is 16.3. The normalized spacial score (nSPS) is 9.83. The Morgan fingerprint density at radius 1 is 1.33 bits per heavy atom. The first kappa shape index (κ1) is 10.6. The second-order valence-electron chi connectivity index (χ2n) is 1.96. The molecular weight excluding hydrogens is 160 g/mol. The second kappa shape index (κ2) is 6.36. The molecule has 0 rings (SSSR count). The molecule has 0 fully saturated rings. The average Bonchev–Trinajstić information content (AvgIpc) is 2.10. The Hall–Kier alpha value is -1.36. The third-order valence-electron chi connectivity index (χ3n) is 1.04. The van der Waals surface area contributed by atoms with Crippen molar-refractivity contribution in [1.82, 2.24) is 10.6 Å².